The maximum atomic E-state index is 11.7. The third-order valence-corrected chi connectivity index (χ3v) is 2.64. The first kappa shape index (κ1) is 15.0. The molecule has 0 unspecified atom stereocenters. The molecule has 0 amide bonds. The van der Waals surface area contributed by atoms with E-state index in [1.807, 2.05) is 20.8 Å². The molecule has 0 spiro atoms. The maximum Gasteiger partial charge on any atom is 0.308 e. The second-order valence-corrected chi connectivity index (χ2v) is 5.25. The second-order valence-electron chi connectivity index (χ2n) is 5.25. The van der Waals surface area contributed by atoms with E-state index >= 15 is 0 Å². The van der Waals surface area contributed by atoms with E-state index in [0.29, 0.717) is 5.56 Å². The predicted octanol–water partition coefficient (Wildman–Crippen LogP) is 2.98. The third kappa shape index (κ3) is 3.22. The topological polar surface area (TPSA) is 63.6 Å². The van der Waals surface area contributed by atoms with E-state index < -0.39 is 11.8 Å². The van der Waals surface area contributed by atoms with Gasteiger partial charge in [0.1, 0.15) is 0 Å². The summed E-state index contributed by atoms with van der Waals surface area (Å²) < 4.78 is 4.98. The molecule has 0 saturated carbocycles. The van der Waals surface area contributed by atoms with Gasteiger partial charge in [0.2, 0.25) is 0 Å². The Kier molecular flexibility index (Phi) is 4.14. The van der Waals surface area contributed by atoms with Crippen molar-refractivity contribution < 1.29 is 19.4 Å². The van der Waals surface area contributed by atoms with Gasteiger partial charge in [-0.15, -0.1) is 0 Å². The van der Waals surface area contributed by atoms with Crippen molar-refractivity contribution >= 4 is 11.8 Å². The molecule has 0 heterocycles. The first-order valence-electron chi connectivity index (χ1n) is 5.90. The van der Waals surface area contributed by atoms with Crippen molar-refractivity contribution in [2.45, 2.75) is 33.1 Å². The van der Waals surface area contributed by atoms with Crippen molar-refractivity contribution in [2.24, 2.45) is 0 Å². The first-order chi connectivity index (χ1) is 8.68. The quantitative estimate of drug-likeness (QED) is 0.393. The normalized spacial score (nSPS) is 10.9. The third-order valence-electron chi connectivity index (χ3n) is 2.64. The van der Waals surface area contributed by atoms with Crippen LogP contribution in [0.15, 0.2) is 24.8 Å². The molecule has 0 atom stereocenters. The number of carbonyl (C=O) groups excluding carboxylic acids is 2. The highest BCUT2D eigenvalue weighted by Gasteiger charge is 2.25. The van der Waals surface area contributed by atoms with E-state index in [0.717, 1.165) is 6.08 Å². The van der Waals surface area contributed by atoms with Gasteiger partial charge in [-0.2, -0.15) is 0 Å². The maximum absolute atomic E-state index is 11.7. The number of ether oxygens (including phenoxy) is 1. The van der Waals surface area contributed by atoms with Crippen LogP contribution in [0.2, 0.25) is 0 Å². The summed E-state index contributed by atoms with van der Waals surface area (Å²) >= 11 is 0. The summed E-state index contributed by atoms with van der Waals surface area (Å²) in [5.74, 6) is -1.30. The van der Waals surface area contributed by atoms with Gasteiger partial charge in [0.15, 0.2) is 17.3 Å². The van der Waals surface area contributed by atoms with Crippen molar-refractivity contribution in [1.82, 2.24) is 0 Å². The number of phenols is 1. The number of benzene rings is 1. The molecular formula is C15H18O4. The van der Waals surface area contributed by atoms with Crippen LogP contribution in [-0.4, -0.2) is 16.9 Å². The van der Waals surface area contributed by atoms with Gasteiger partial charge in [-0.25, -0.2) is 0 Å². The summed E-state index contributed by atoms with van der Waals surface area (Å²) in [5.41, 5.74) is 0.384. The molecule has 1 N–H and O–H groups in total. The summed E-state index contributed by atoms with van der Waals surface area (Å²) in [7, 11) is 0. The van der Waals surface area contributed by atoms with E-state index in [2.05, 4.69) is 6.58 Å². The summed E-state index contributed by atoms with van der Waals surface area (Å²) in [5, 5.41) is 10.2. The number of phenolic OH excluding ortho intramolecular Hbond substituents is 1. The molecule has 0 aromatic heterocycles. The van der Waals surface area contributed by atoms with Gasteiger partial charge in [-0.3, -0.25) is 9.59 Å². The zero-order chi connectivity index (χ0) is 14.8. The summed E-state index contributed by atoms with van der Waals surface area (Å²) in [6.45, 7) is 10.3. The van der Waals surface area contributed by atoms with Crippen LogP contribution >= 0.6 is 0 Å². The molecule has 4 heteroatoms. The summed E-state index contributed by atoms with van der Waals surface area (Å²) in [4.78, 5) is 22.8. The lowest BCUT2D eigenvalue weighted by atomic mass is 9.85. The van der Waals surface area contributed by atoms with E-state index in [4.69, 9.17) is 4.74 Å². The Morgan fingerprint density at radius 2 is 1.89 bits per heavy atom. The van der Waals surface area contributed by atoms with E-state index in [1.54, 1.807) is 6.07 Å². The van der Waals surface area contributed by atoms with Crippen LogP contribution in [0.5, 0.6) is 11.5 Å². The van der Waals surface area contributed by atoms with Gasteiger partial charge in [0, 0.05) is 12.5 Å². The average Bonchev–Trinajstić information content (AvgIpc) is 2.28. The van der Waals surface area contributed by atoms with Crippen LogP contribution < -0.4 is 4.74 Å². The lowest BCUT2D eigenvalue weighted by molar-refractivity contribution is -0.132. The number of hydrogen-bond acceptors (Lipinski definition) is 4. The Balaban J connectivity index is 3.53. The number of hydrogen-bond donors (Lipinski definition) is 1. The van der Waals surface area contributed by atoms with Crippen LogP contribution in [0.3, 0.4) is 0 Å². The number of ketones is 1. The molecule has 1 aromatic carbocycles. The van der Waals surface area contributed by atoms with Gasteiger partial charge < -0.3 is 9.84 Å². The molecule has 1 aromatic rings. The lowest BCUT2D eigenvalue weighted by Gasteiger charge is -2.22. The lowest BCUT2D eigenvalue weighted by Crippen LogP contribution is -2.14. The van der Waals surface area contributed by atoms with Gasteiger partial charge >= 0.3 is 5.97 Å². The van der Waals surface area contributed by atoms with Crippen LogP contribution in [-0.2, 0) is 10.2 Å². The molecule has 102 valence electrons. The Morgan fingerprint density at radius 1 is 1.32 bits per heavy atom. The van der Waals surface area contributed by atoms with Crippen molar-refractivity contribution in [3.63, 3.8) is 0 Å². The molecule has 0 saturated heterocycles. The standard InChI is InChI=1S/C15H18O4/c1-6-12(17)10-7-8-11(15(3,4)5)13(18)14(10)19-9(2)16/h6-8,18H,1H2,2-5H3. The highest BCUT2D eigenvalue weighted by atomic mass is 16.5. The van der Waals surface area contributed by atoms with Crippen LogP contribution in [0.1, 0.15) is 43.6 Å². The van der Waals surface area contributed by atoms with Crippen molar-refractivity contribution in [1.29, 1.82) is 0 Å². The first-order valence-corrected chi connectivity index (χ1v) is 5.90. The minimum Gasteiger partial charge on any atom is -0.504 e. The number of allylic oxidation sites excluding steroid dienone is 1. The van der Waals surface area contributed by atoms with Crippen molar-refractivity contribution in [3.8, 4) is 11.5 Å². The van der Waals surface area contributed by atoms with Gasteiger partial charge in [-0.1, -0.05) is 33.4 Å². The molecule has 0 bridgehead atoms. The summed E-state index contributed by atoms with van der Waals surface area (Å²) in [6.07, 6.45) is 1.11. The Morgan fingerprint density at radius 3 is 2.32 bits per heavy atom. The number of aromatic hydroxyl groups is 1. The minimum absolute atomic E-state index is 0.107. The largest absolute Gasteiger partial charge is 0.504 e. The van der Waals surface area contributed by atoms with Gasteiger partial charge in [0.25, 0.3) is 0 Å². The second kappa shape index (κ2) is 5.26. The number of rotatable bonds is 3. The Hall–Kier alpha value is -2.10. The molecule has 0 radical (unpaired) electrons. The van der Waals surface area contributed by atoms with Crippen LogP contribution in [0.25, 0.3) is 0 Å². The molecule has 0 aliphatic heterocycles. The molecule has 1 rings (SSSR count). The van der Waals surface area contributed by atoms with Crippen LogP contribution in [0, 0.1) is 0 Å². The average molecular weight is 262 g/mol. The fraction of sp³-hybridized carbons (Fsp3) is 0.333. The van der Waals surface area contributed by atoms with Gasteiger partial charge in [0.05, 0.1) is 5.56 Å². The molecule has 0 aliphatic carbocycles. The number of carbonyl (C=O) groups is 2. The minimum atomic E-state index is -0.598. The SMILES string of the molecule is C=CC(=O)c1ccc(C(C)(C)C)c(O)c1OC(C)=O. The van der Waals surface area contributed by atoms with E-state index in [9.17, 15) is 14.7 Å². The fourth-order valence-electron chi connectivity index (χ4n) is 1.73. The predicted molar refractivity (Wildman–Crippen MR) is 72.6 cm³/mol. The molecule has 0 aliphatic rings. The zero-order valence-electron chi connectivity index (χ0n) is 11.6. The summed E-state index contributed by atoms with van der Waals surface area (Å²) in [6, 6.07) is 3.18. The van der Waals surface area contributed by atoms with E-state index in [-0.39, 0.29) is 22.5 Å². The van der Waals surface area contributed by atoms with Crippen molar-refractivity contribution in [2.75, 3.05) is 0 Å². The Bertz CT molecular complexity index is 536. The zero-order valence-corrected chi connectivity index (χ0v) is 11.6. The molecule has 0 fully saturated rings. The fourth-order valence-corrected chi connectivity index (χ4v) is 1.73. The molecule has 4 nitrogen and oxygen atoms in total. The highest BCUT2D eigenvalue weighted by molar-refractivity contribution is 6.07. The van der Waals surface area contributed by atoms with Crippen LogP contribution in [0.4, 0.5) is 0 Å². The molecular weight excluding hydrogens is 244 g/mol. The van der Waals surface area contributed by atoms with E-state index in [1.165, 1.54) is 13.0 Å². The Labute approximate surface area is 112 Å². The smallest absolute Gasteiger partial charge is 0.308 e. The van der Waals surface area contributed by atoms with Crippen molar-refractivity contribution in [3.05, 3.63) is 35.9 Å². The monoisotopic (exact) mass is 262 g/mol. The number of esters is 1. The van der Waals surface area contributed by atoms with Gasteiger partial charge in [-0.05, 0) is 17.6 Å². The highest BCUT2D eigenvalue weighted by Crippen LogP contribution is 2.40. The molecule has 19 heavy (non-hydrogen) atoms.